The zero-order valence-electron chi connectivity index (χ0n) is 10.5. The summed E-state index contributed by atoms with van der Waals surface area (Å²) in [4.78, 5) is 14.1. The van der Waals surface area contributed by atoms with Crippen LogP contribution in [0.25, 0.3) is 0 Å². The fourth-order valence-corrected chi connectivity index (χ4v) is 1.63. The molecule has 1 aromatic carbocycles. The van der Waals surface area contributed by atoms with Gasteiger partial charge < -0.3 is 9.84 Å². The zero-order valence-corrected chi connectivity index (χ0v) is 10.5. The summed E-state index contributed by atoms with van der Waals surface area (Å²) in [6.07, 6.45) is 0.540. The molecule has 1 N–H and O–H groups in total. The highest BCUT2D eigenvalue weighted by atomic mass is 19.1. The minimum Gasteiger partial charge on any atom is -0.431 e. The van der Waals surface area contributed by atoms with Crippen LogP contribution in [0.2, 0.25) is 0 Å². The largest absolute Gasteiger partial charge is 0.431 e. The number of halogens is 1. The molecular formula is C13H11FN2O4. The number of rotatable bonds is 4. The van der Waals surface area contributed by atoms with Crippen molar-refractivity contribution in [2.45, 2.75) is 13.0 Å². The SMILES string of the molecule is C[C@@H](O)c1cccnc1Oc1cc(F)ccc1[N+](=O)[O-]. The number of hydrogen-bond donors (Lipinski definition) is 1. The average Bonchev–Trinajstić information content (AvgIpc) is 2.38. The second-order valence-electron chi connectivity index (χ2n) is 4.04. The van der Waals surface area contributed by atoms with Crippen LogP contribution >= 0.6 is 0 Å². The summed E-state index contributed by atoms with van der Waals surface area (Å²) in [5.74, 6) is -0.938. The molecule has 0 spiro atoms. The Bertz CT molecular complexity index is 646. The molecule has 1 heterocycles. The first-order valence-corrected chi connectivity index (χ1v) is 5.74. The number of nitrogens with zero attached hydrogens (tertiary/aromatic N) is 2. The van der Waals surface area contributed by atoms with E-state index in [0.717, 1.165) is 18.2 Å². The summed E-state index contributed by atoms with van der Waals surface area (Å²) in [7, 11) is 0. The van der Waals surface area contributed by atoms with E-state index in [2.05, 4.69) is 4.98 Å². The smallest absolute Gasteiger partial charge is 0.311 e. The van der Waals surface area contributed by atoms with Crippen LogP contribution in [0.3, 0.4) is 0 Å². The lowest BCUT2D eigenvalue weighted by Crippen LogP contribution is -2.00. The highest BCUT2D eigenvalue weighted by Crippen LogP contribution is 2.33. The van der Waals surface area contributed by atoms with Gasteiger partial charge in [-0.25, -0.2) is 9.37 Å². The summed E-state index contributed by atoms with van der Waals surface area (Å²) in [5.41, 5.74) is -0.0281. The Hall–Kier alpha value is -2.54. The maximum absolute atomic E-state index is 13.2. The molecular weight excluding hydrogens is 267 g/mol. The predicted molar refractivity (Wildman–Crippen MR) is 68.0 cm³/mol. The molecule has 0 radical (unpaired) electrons. The molecule has 0 aliphatic rings. The van der Waals surface area contributed by atoms with Crippen molar-refractivity contribution < 1.29 is 19.2 Å². The van der Waals surface area contributed by atoms with Gasteiger partial charge in [0.2, 0.25) is 11.6 Å². The second kappa shape index (κ2) is 5.62. The van der Waals surface area contributed by atoms with Crippen LogP contribution in [0.15, 0.2) is 36.5 Å². The van der Waals surface area contributed by atoms with Crippen molar-refractivity contribution in [3.63, 3.8) is 0 Å². The van der Waals surface area contributed by atoms with Gasteiger partial charge in [-0.05, 0) is 25.1 Å². The molecule has 0 saturated carbocycles. The summed E-state index contributed by atoms with van der Waals surface area (Å²) in [5, 5.41) is 20.5. The van der Waals surface area contributed by atoms with Crippen LogP contribution in [0.1, 0.15) is 18.6 Å². The summed E-state index contributed by atoms with van der Waals surface area (Å²) < 4.78 is 18.5. The first-order valence-electron chi connectivity index (χ1n) is 5.74. The van der Waals surface area contributed by atoms with Gasteiger partial charge in [0, 0.05) is 23.9 Å². The maximum atomic E-state index is 13.2. The maximum Gasteiger partial charge on any atom is 0.311 e. The number of ether oxygens (including phenoxy) is 1. The lowest BCUT2D eigenvalue weighted by molar-refractivity contribution is -0.385. The summed E-state index contributed by atoms with van der Waals surface area (Å²) in [6, 6.07) is 6.04. The van der Waals surface area contributed by atoms with Gasteiger partial charge in [0.05, 0.1) is 11.0 Å². The molecule has 0 saturated heterocycles. The Kier molecular flexibility index (Phi) is 3.90. The molecule has 0 unspecified atom stereocenters. The van der Waals surface area contributed by atoms with Crippen LogP contribution in [0.4, 0.5) is 10.1 Å². The number of nitro benzene ring substituents is 1. The van der Waals surface area contributed by atoms with Gasteiger partial charge in [0.25, 0.3) is 0 Å². The highest BCUT2D eigenvalue weighted by molar-refractivity contribution is 5.48. The summed E-state index contributed by atoms with van der Waals surface area (Å²) >= 11 is 0. The Morgan fingerprint density at radius 3 is 2.85 bits per heavy atom. The van der Waals surface area contributed by atoms with E-state index in [0.29, 0.717) is 5.56 Å². The molecule has 1 aromatic heterocycles. The predicted octanol–water partition coefficient (Wildman–Crippen LogP) is 2.97. The molecule has 7 heteroatoms. The van der Waals surface area contributed by atoms with Crippen LogP contribution < -0.4 is 4.74 Å². The number of aliphatic hydroxyl groups is 1. The molecule has 0 aliphatic carbocycles. The van der Waals surface area contributed by atoms with E-state index in [1.165, 1.54) is 13.1 Å². The number of aliphatic hydroxyl groups excluding tert-OH is 1. The van der Waals surface area contributed by atoms with Gasteiger partial charge in [-0.15, -0.1) is 0 Å². The monoisotopic (exact) mass is 278 g/mol. The fraction of sp³-hybridized carbons (Fsp3) is 0.154. The quantitative estimate of drug-likeness (QED) is 0.686. The van der Waals surface area contributed by atoms with Crippen molar-refractivity contribution in [1.82, 2.24) is 4.98 Å². The van der Waals surface area contributed by atoms with E-state index in [9.17, 15) is 19.6 Å². The van der Waals surface area contributed by atoms with Crippen molar-refractivity contribution >= 4 is 5.69 Å². The van der Waals surface area contributed by atoms with E-state index >= 15 is 0 Å². The number of pyridine rings is 1. The van der Waals surface area contributed by atoms with Gasteiger partial charge >= 0.3 is 5.69 Å². The highest BCUT2D eigenvalue weighted by Gasteiger charge is 2.19. The number of nitro groups is 1. The minimum absolute atomic E-state index is 0.00352. The van der Waals surface area contributed by atoms with Crippen LogP contribution in [-0.4, -0.2) is 15.0 Å². The fourth-order valence-electron chi connectivity index (χ4n) is 1.63. The molecule has 104 valence electrons. The van der Waals surface area contributed by atoms with Crippen molar-refractivity contribution in [1.29, 1.82) is 0 Å². The lowest BCUT2D eigenvalue weighted by Gasteiger charge is -2.11. The summed E-state index contributed by atoms with van der Waals surface area (Å²) in [6.45, 7) is 1.50. The molecule has 6 nitrogen and oxygen atoms in total. The van der Waals surface area contributed by atoms with Crippen molar-refractivity contribution in [2.75, 3.05) is 0 Å². The molecule has 1 atom stereocenters. The first kappa shape index (κ1) is 13.9. The van der Waals surface area contributed by atoms with Gasteiger partial charge in [-0.1, -0.05) is 0 Å². The zero-order chi connectivity index (χ0) is 14.7. The lowest BCUT2D eigenvalue weighted by atomic mass is 10.2. The van der Waals surface area contributed by atoms with Gasteiger partial charge in [-0.2, -0.15) is 0 Å². The third kappa shape index (κ3) is 2.89. The molecule has 0 bridgehead atoms. The topological polar surface area (TPSA) is 85.5 Å². The van der Waals surface area contributed by atoms with E-state index in [1.807, 2.05) is 0 Å². The molecule has 0 aliphatic heterocycles. The molecule has 20 heavy (non-hydrogen) atoms. The average molecular weight is 278 g/mol. The third-order valence-corrected chi connectivity index (χ3v) is 2.58. The van der Waals surface area contributed by atoms with E-state index in [4.69, 9.17) is 4.74 Å². The normalized spacial score (nSPS) is 11.9. The van der Waals surface area contributed by atoms with Gasteiger partial charge in [-0.3, -0.25) is 10.1 Å². The van der Waals surface area contributed by atoms with E-state index in [-0.39, 0.29) is 17.3 Å². The number of benzene rings is 1. The van der Waals surface area contributed by atoms with Crippen molar-refractivity contribution in [3.05, 3.63) is 58.0 Å². The van der Waals surface area contributed by atoms with Crippen LogP contribution in [0, 0.1) is 15.9 Å². The van der Waals surface area contributed by atoms with Crippen LogP contribution in [0.5, 0.6) is 11.6 Å². The Labute approximate surface area is 113 Å². The first-order chi connectivity index (χ1) is 9.49. The van der Waals surface area contributed by atoms with Crippen LogP contribution in [-0.2, 0) is 0 Å². The second-order valence-corrected chi connectivity index (χ2v) is 4.04. The molecule has 2 aromatic rings. The van der Waals surface area contributed by atoms with Crippen molar-refractivity contribution in [3.8, 4) is 11.6 Å². The van der Waals surface area contributed by atoms with Crippen molar-refractivity contribution in [2.24, 2.45) is 0 Å². The molecule has 0 fully saturated rings. The molecule has 2 rings (SSSR count). The standard InChI is InChI=1S/C13H11FN2O4/c1-8(17)10-3-2-6-15-13(10)20-12-7-9(14)4-5-11(12)16(18)19/h2-8,17H,1H3/t8-/m1/s1. The third-order valence-electron chi connectivity index (χ3n) is 2.58. The number of aromatic nitrogens is 1. The Morgan fingerprint density at radius 2 is 2.20 bits per heavy atom. The molecule has 0 amide bonds. The van der Waals surface area contributed by atoms with E-state index < -0.39 is 16.8 Å². The number of hydrogen-bond acceptors (Lipinski definition) is 5. The Balaban J connectivity index is 2.45. The minimum atomic E-state index is -0.869. The van der Waals surface area contributed by atoms with E-state index in [1.54, 1.807) is 12.1 Å². The van der Waals surface area contributed by atoms with Gasteiger partial charge in [0.15, 0.2) is 0 Å². The van der Waals surface area contributed by atoms with Gasteiger partial charge in [0.1, 0.15) is 5.82 Å². The Morgan fingerprint density at radius 1 is 1.45 bits per heavy atom.